The molecule has 2 aliphatic rings. The van der Waals surface area contributed by atoms with Gasteiger partial charge in [-0.1, -0.05) is 0 Å². The van der Waals surface area contributed by atoms with Gasteiger partial charge in [0.1, 0.15) is 23.3 Å². The molecule has 0 bridgehead atoms. The molecule has 4 heterocycles. The Balaban J connectivity index is 0.724. The summed E-state index contributed by atoms with van der Waals surface area (Å²) in [6.45, 7) is 4.45. The molecule has 0 unspecified atom stereocenters. The van der Waals surface area contributed by atoms with Crippen LogP contribution in [0, 0.1) is 11.6 Å². The molecule has 2 saturated heterocycles. The summed E-state index contributed by atoms with van der Waals surface area (Å²) in [5, 5.41) is 12.4. The smallest absolute Gasteiger partial charge is 0.319 e. The minimum absolute atomic E-state index is 0.133. The quantitative estimate of drug-likeness (QED) is 0.0318. The molecule has 76 heavy (non-hydrogen) atoms. The summed E-state index contributed by atoms with van der Waals surface area (Å²) in [5.74, 6) is 0.844. The molecule has 0 radical (unpaired) electrons. The first kappa shape index (κ1) is 56.1. The van der Waals surface area contributed by atoms with Crippen molar-refractivity contribution in [1.29, 1.82) is 0 Å². The van der Waals surface area contributed by atoms with Gasteiger partial charge in [-0.25, -0.2) is 35.6 Å². The highest BCUT2D eigenvalue weighted by molar-refractivity contribution is 7.89. The van der Waals surface area contributed by atoms with Gasteiger partial charge in [-0.15, -0.1) is 0 Å². The number of benzene rings is 4. The van der Waals surface area contributed by atoms with Gasteiger partial charge >= 0.3 is 8.25 Å². The summed E-state index contributed by atoms with van der Waals surface area (Å²) in [6.07, 6.45) is 5.44. The zero-order valence-electron chi connectivity index (χ0n) is 41.7. The maximum absolute atomic E-state index is 14.0. The van der Waals surface area contributed by atoms with Crippen molar-refractivity contribution in [2.45, 2.75) is 47.6 Å². The van der Waals surface area contributed by atoms with Crippen molar-refractivity contribution in [3.8, 4) is 0 Å². The predicted molar refractivity (Wildman–Crippen MR) is 289 cm³/mol. The van der Waals surface area contributed by atoms with E-state index in [1.165, 1.54) is 57.1 Å². The number of nitrogens with two attached hydrogens (primary N) is 2. The number of rotatable bonds is 26. The summed E-state index contributed by atoms with van der Waals surface area (Å²) in [6, 6.07) is 27.3. The number of hydrogen-bond acceptors (Lipinski definition) is 19. The average molecular weight is 1110 g/mol. The number of hydrogen-bond donors (Lipinski definition) is 6. The number of sulfonamides is 2. The predicted octanol–water partition coefficient (Wildman–Crippen LogP) is 6.47. The zero-order chi connectivity index (χ0) is 53.5. The monoisotopic (exact) mass is 1100 g/mol. The number of anilines is 8. The molecular weight excluding hydrogens is 1040 g/mol. The molecule has 6 aromatic rings. The van der Waals surface area contributed by atoms with Crippen LogP contribution in [0.3, 0.4) is 0 Å². The van der Waals surface area contributed by atoms with Crippen molar-refractivity contribution < 1.29 is 39.2 Å². The summed E-state index contributed by atoms with van der Waals surface area (Å²) in [4.78, 5) is 21.9. The van der Waals surface area contributed by atoms with Crippen molar-refractivity contribution in [3.05, 3.63) is 133 Å². The Morgan fingerprint density at radius 2 is 0.882 bits per heavy atom. The van der Waals surface area contributed by atoms with Crippen LogP contribution in [0.1, 0.15) is 25.7 Å². The first-order chi connectivity index (χ1) is 36.7. The molecule has 2 aliphatic heterocycles. The summed E-state index contributed by atoms with van der Waals surface area (Å²) in [5.41, 5.74) is 14.3. The third kappa shape index (κ3) is 15.5. The highest BCUT2D eigenvalue weighted by atomic mass is 32.2. The van der Waals surface area contributed by atoms with Gasteiger partial charge < -0.3 is 51.6 Å². The van der Waals surface area contributed by atoms with Gasteiger partial charge in [0.2, 0.25) is 31.9 Å². The van der Waals surface area contributed by atoms with E-state index in [-0.39, 0.29) is 84.8 Å². The molecule has 0 spiro atoms. The van der Waals surface area contributed by atoms with Crippen LogP contribution in [-0.4, -0.2) is 146 Å². The summed E-state index contributed by atoms with van der Waals surface area (Å²) < 4.78 is 109. The maximum atomic E-state index is 14.0. The fourth-order valence-corrected chi connectivity index (χ4v) is 13.0. The van der Waals surface area contributed by atoms with Gasteiger partial charge in [0, 0.05) is 86.5 Å². The Labute approximate surface area is 442 Å². The van der Waals surface area contributed by atoms with Gasteiger partial charge in [-0.05, 0) is 161 Å². The van der Waals surface area contributed by atoms with E-state index in [0.717, 1.165) is 0 Å². The largest absolute Gasteiger partial charge is 0.340 e. The van der Waals surface area contributed by atoms with Gasteiger partial charge in [-0.2, -0.15) is 18.6 Å². The molecule has 4 aromatic carbocycles. The second kappa shape index (κ2) is 26.8. The van der Waals surface area contributed by atoms with Crippen molar-refractivity contribution in [2.75, 3.05) is 99.9 Å². The van der Waals surface area contributed by atoms with Crippen molar-refractivity contribution in [1.82, 2.24) is 38.3 Å². The molecule has 0 saturated carbocycles. The molecule has 21 nitrogen and oxygen atoms in total. The molecule has 0 atom stereocenters. The van der Waals surface area contributed by atoms with Crippen LogP contribution in [0.2, 0.25) is 0 Å². The summed E-state index contributed by atoms with van der Waals surface area (Å²) in [7, 11) is -10.6. The Bertz CT molecular complexity index is 2850. The second-order valence-corrected chi connectivity index (χ2v) is 22.9. The van der Waals surface area contributed by atoms with E-state index in [2.05, 4.69) is 51.0 Å². The van der Waals surface area contributed by atoms with Crippen LogP contribution in [0.5, 0.6) is 0 Å². The Morgan fingerprint density at radius 1 is 0.539 bits per heavy atom. The summed E-state index contributed by atoms with van der Waals surface area (Å²) >= 11 is 0. The third-order valence-electron chi connectivity index (χ3n) is 12.9. The van der Waals surface area contributed by atoms with Crippen LogP contribution in [-0.2, 0) is 33.7 Å². The van der Waals surface area contributed by atoms with E-state index in [1.807, 2.05) is 0 Å². The number of nitrogens with zero attached hydrogens (tertiary/aromatic N) is 8. The van der Waals surface area contributed by atoms with Crippen molar-refractivity contribution in [2.24, 2.45) is 11.5 Å². The van der Waals surface area contributed by atoms with Crippen molar-refractivity contribution >= 4 is 74.6 Å². The van der Waals surface area contributed by atoms with E-state index in [1.54, 1.807) is 73.1 Å². The molecule has 26 heteroatoms. The van der Waals surface area contributed by atoms with Crippen LogP contribution >= 0.6 is 8.25 Å². The van der Waals surface area contributed by atoms with Crippen LogP contribution in [0.25, 0.3) is 0 Å². The van der Waals surface area contributed by atoms with E-state index in [0.29, 0.717) is 99.3 Å². The lowest BCUT2D eigenvalue weighted by Crippen LogP contribution is -2.49. The molecule has 8 N–H and O–H groups in total. The molecule has 406 valence electrons. The molecule has 2 fully saturated rings. The standard InChI is InChI=1S/C50H63F2N14O7PS2/c51-37-1-5-39(6-2-37)57-47-17-25-55-49(61-47)59-41-9-13-45(14-10-41)75(68,69)65(31-23-53)43-19-27-63(28-20-43)33-35-72-74(67)73-36-34-64-29-21-44(22-30-64)66(32-24-54)76(70,71)46-15-11-42(12-16-46)60-50-56-26-18-48(62-50)58-40-7-3-38(52)4-8-40/h1-18,25-26,43-44,74H,19-24,27-36,53-54H2,(H2,55,57,59,61)(H2,56,58,60,62). The van der Waals surface area contributed by atoms with E-state index in [4.69, 9.17) is 20.5 Å². The second-order valence-electron chi connectivity index (χ2n) is 18.0. The Hall–Kier alpha value is -6.09. The first-order valence-electron chi connectivity index (χ1n) is 24.9. The number of aromatic nitrogens is 4. The first-order valence-corrected chi connectivity index (χ1v) is 29.0. The Morgan fingerprint density at radius 3 is 1.24 bits per heavy atom. The number of piperidine rings is 2. The average Bonchev–Trinajstić information content (AvgIpc) is 3.42. The van der Waals surface area contributed by atoms with Gasteiger partial charge in [0.25, 0.3) is 0 Å². The molecule has 2 aromatic heterocycles. The third-order valence-corrected chi connectivity index (χ3v) is 17.7. The number of likely N-dealkylation sites (tertiary alicyclic amines) is 2. The zero-order valence-corrected chi connectivity index (χ0v) is 44.3. The minimum Gasteiger partial charge on any atom is -0.340 e. The number of nitrogens with one attached hydrogen (secondary N) is 4. The minimum atomic E-state index is -3.89. The highest BCUT2D eigenvalue weighted by Gasteiger charge is 2.35. The topological polar surface area (TPSA) is 268 Å². The number of halogens is 2. The van der Waals surface area contributed by atoms with Gasteiger partial charge in [0.05, 0.1) is 23.0 Å². The fraction of sp³-hybridized carbons (Fsp3) is 0.360. The van der Waals surface area contributed by atoms with Crippen molar-refractivity contribution in [3.63, 3.8) is 0 Å². The lowest BCUT2D eigenvalue weighted by atomic mass is 10.1. The lowest BCUT2D eigenvalue weighted by Gasteiger charge is -2.37. The van der Waals surface area contributed by atoms with Gasteiger partial charge in [-0.3, -0.25) is 4.57 Å². The highest BCUT2D eigenvalue weighted by Crippen LogP contribution is 2.30. The lowest BCUT2D eigenvalue weighted by molar-refractivity contribution is 0.122. The van der Waals surface area contributed by atoms with Gasteiger partial charge in [0.15, 0.2) is 0 Å². The van der Waals surface area contributed by atoms with Crippen LogP contribution < -0.4 is 32.7 Å². The van der Waals surface area contributed by atoms with Crippen LogP contribution in [0.15, 0.2) is 131 Å². The maximum Gasteiger partial charge on any atom is 0.319 e. The SMILES string of the molecule is NCCN(C1CCN(CCO[PH](=O)OCCN2CCC(N(CCN)S(=O)(=O)c3ccc(Nc4nccc(Nc5ccc(F)cc5)n4)cc3)CC2)CC1)S(=O)(=O)c1ccc(Nc2nccc(Nc3ccc(F)cc3)n2)cc1. The molecular formula is C50H63F2N14O7PS2. The molecule has 8 rings (SSSR count). The van der Waals surface area contributed by atoms with E-state index >= 15 is 0 Å². The molecule has 0 aliphatic carbocycles. The normalized spacial score (nSPS) is 15.4. The Kier molecular flexibility index (Phi) is 19.8. The van der Waals surface area contributed by atoms with Crippen LogP contribution in [0.4, 0.5) is 55.1 Å². The fourth-order valence-electron chi connectivity index (χ4n) is 8.96. The van der Waals surface area contributed by atoms with E-state index < -0.39 is 28.3 Å². The molecule has 0 amide bonds. The van der Waals surface area contributed by atoms with E-state index in [9.17, 15) is 30.2 Å².